The lowest BCUT2D eigenvalue weighted by Crippen LogP contribution is -1.89. The Bertz CT molecular complexity index is 191. The van der Waals surface area contributed by atoms with E-state index in [2.05, 4.69) is 29.0 Å². The van der Waals surface area contributed by atoms with Gasteiger partial charge in [0.2, 0.25) is 0 Å². The number of hydrogen-bond donors (Lipinski definition) is 1. The number of aromatic amines is 1. The van der Waals surface area contributed by atoms with Gasteiger partial charge in [-0.1, -0.05) is 27.7 Å². The van der Waals surface area contributed by atoms with Crippen molar-refractivity contribution in [3.05, 3.63) is 11.6 Å². The molecule has 1 rings (SSSR count). The van der Waals surface area contributed by atoms with E-state index in [1.54, 1.807) is 0 Å². The van der Waals surface area contributed by atoms with Crippen LogP contribution in [0.3, 0.4) is 0 Å². The van der Waals surface area contributed by atoms with Crippen molar-refractivity contribution in [2.75, 3.05) is 0 Å². The highest BCUT2D eigenvalue weighted by Crippen LogP contribution is 2.06. The molecule has 1 N–H and O–H groups in total. The normalized spacial score (nSPS) is 9.27. The Labute approximate surface area is 68.2 Å². The van der Waals surface area contributed by atoms with Gasteiger partial charge in [-0.15, -0.1) is 0 Å². The molecular weight excluding hydrogens is 138 g/mol. The van der Waals surface area contributed by atoms with Crippen molar-refractivity contribution in [2.45, 2.75) is 40.5 Å². The molecule has 1 aromatic heterocycles. The van der Waals surface area contributed by atoms with Crippen LogP contribution in [0.4, 0.5) is 0 Å². The molecule has 1 aromatic rings. The highest BCUT2D eigenvalue weighted by Gasteiger charge is 2.02. The Morgan fingerprint density at radius 2 is 1.82 bits per heavy atom. The van der Waals surface area contributed by atoms with Crippen molar-refractivity contribution in [1.82, 2.24) is 15.2 Å². The third-order valence-electron chi connectivity index (χ3n) is 1.13. The summed E-state index contributed by atoms with van der Waals surface area (Å²) < 4.78 is 0. The van der Waals surface area contributed by atoms with Crippen LogP contribution in [-0.2, 0) is 0 Å². The molecule has 1 heterocycles. The second-order valence-corrected chi connectivity index (χ2v) is 2.43. The SMILES string of the molecule is CC.Cc1nc(C(C)C)n[nH]1. The zero-order chi connectivity index (χ0) is 8.85. The standard InChI is InChI=1S/C6H11N3.C2H6/c1-4(2)6-7-5(3)8-9-6;1-2/h4H,1-3H3,(H,7,8,9);1-2H3. The molecule has 0 spiro atoms. The van der Waals surface area contributed by atoms with E-state index in [0.717, 1.165) is 11.6 Å². The molecule has 0 aliphatic rings. The maximum Gasteiger partial charge on any atom is 0.153 e. The molecule has 3 nitrogen and oxygen atoms in total. The van der Waals surface area contributed by atoms with E-state index in [0.29, 0.717) is 5.92 Å². The molecule has 0 bridgehead atoms. The third-order valence-corrected chi connectivity index (χ3v) is 1.13. The van der Waals surface area contributed by atoms with Crippen LogP contribution >= 0.6 is 0 Å². The fraction of sp³-hybridized carbons (Fsp3) is 0.750. The monoisotopic (exact) mass is 155 g/mol. The number of nitrogens with zero attached hydrogens (tertiary/aromatic N) is 2. The van der Waals surface area contributed by atoms with Gasteiger partial charge < -0.3 is 0 Å². The molecule has 0 atom stereocenters. The topological polar surface area (TPSA) is 41.6 Å². The lowest BCUT2D eigenvalue weighted by atomic mass is 10.2. The summed E-state index contributed by atoms with van der Waals surface area (Å²) in [5.41, 5.74) is 0. The summed E-state index contributed by atoms with van der Waals surface area (Å²) in [7, 11) is 0. The minimum absolute atomic E-state index is 0.426. The predicted molar refractivity (Wildman–Crippen MR) is 46.6 cm³/mol. The lowest BCUT2D eigenvalue weighted by molar-refractivity contribution is 0.780. The van der Waals surface area contributed by atoms with E-state index in [-0.39, 0.29) is 0 Å². The number of rotatable bonds is 1. The number of aromatic nitrogens is 3. The minimum Gasteiger partial charge on any atom is -0.263 e. The Morgan fingerprint density at radius 1 is 1.27 bits per heavy atom. The number of aryl methyl sites for hydroxylation is 1. The van der Waals surface area contributed by atoms with E-state index in [9.17, 15) is 0 Å². The molecule has 11 heavy (non-hydrogen) atoms. The lowest BCUT2D eigenvalue weighted by Gasteiger charge is -1.92. The van der Waals surface area contributed by atoms with Gasteiger partial charge in [0.25, 0.3) is 0 Å². The molecule has 0 aliphatic carbocycles. The van der Waals surface area contributed by atoms with Crippen molar-refractivity contribution in [2.24, 2.45) is 0 Å². The van der Waals surface area contributed by atoms with E-state index in [1.165, 1.54) is 0 Å². The molecule has 0 unspecified atom stereocenters. The first-order valence-corrected chi connectivity index (χ1v) is 4.09. The summed E-state index contributed by atoms with van der Waals surface area (Å²) in [6, 6.07) is 0. The predicted octanol–water partition coefficient (Wildman–Crippen LogP) is 2.26. The molecule has 0 aromatic carbocycles. The van der Waals surface area contributed by atoms with Crippen LogP contribution in [0, 0.1) is 6.92 Å². The molecule has 0 fully saturated rings. The van der Waals surface area contributed by atoms with Crippen molar-refractivity contribution in [1.29, 1.82) is 0 Å². The molecule has 0 saturated heterocycles. The summed E-state index contributed by atoms with van der Waals surface area (Å²) in [6.07, 6.45) is 0. The zero-order valence-electron chi connectivity index (χ0n) is 7.97. The summed E-state index contributed by atoms with van der Waals surface area (Å²) in [4.78, 5) is 4.14. The van der Waals surface area contributed by atoms with Gasteiger partial charge in [0.15, 0.2) is 5.82 Å². The summed E-state index contributed by atoms with van der Waals surface area (Å²) in [5.74, 6) is 2.21. The summed E-state index contributed by atoms with van der Waals surface area (Å²) in [5, 5.41) is 6.77. The molecule has 3 heteroatoms. The molecule has 64 valence electrons. The largest absolute Gasteiger partial charge is 0.263 e. The van der Waals surface area contributed by atoms with E-state index in [4.69, 9.17) is 0 Å². The Hall–Kier alpha value is -0.860. The Balaban J connectivity index is 0.000000461. The molecule has 0 saturated carbocycles. The van der Waals surface area contributed by atoms with Crippen LogP contribution in [0.25, 0.3) is 0 Å². The fourth-order valence-corrected chi connectivity index (χ4v) is 0.618. The van der Waals surface area contributed by atoms with E-state index in [1.807, 2.05) is 20.8 Å². The van der Waals surface area contributed by atoms with Crippen molar-refractivity contribution in [3.8, 4) is 0 Å². The van der Waals surface area contributed by atoms with Gasteiger partial charge in [-0.3, -0.25) is 5.10 Å². The highest BCUT2D eigenvalue weighted by molar-refractivity contribution is 4.92. The van der Waals surface area contributed by atoms with Gasteiger partial charge in [0, 0.05) is 5.92 Å². The van der Waals surface area contributed by atoms with Gasteiger partial charge in [-0.05, 0) is 6.92 Å². The van der Waals surface area contributed by atoms with E-state index < -0.39 is 0 Å². The van der Waals surface area contributed by atoms with Gasteiger partial charge in [0.05, 0.1) is 0 Å². The number of H-pyrrole nitrogens is 1. The second kappa shape index (κ2) is 4.88. The molecule has 0 amide bonds. The van der Waals surface area contributed by atoms with Crippen molar-refractivity contribution >= 4 is 0 Å². The van der Waals surface area contributed by atoms with E-state index >= 15 is 0 Å². The van der Waals surface area contributed by atoms with Crippen LogP contribution in [0.1, 0.15) is 45.3 Å². The molecule has 0 radical (unpaired) electrons. The quantitative estimate of drug-likeness (QED) is 0.676. The van der Waals surface area contributed by atoms with Crippen molar-refractivity contribution in [3.63, 3.8) is 0 Å². The van der Waals surface area contributed by atoms with Crippen LogP contribution < -0.4 is 0 Å². The first-order chi connectivity index (χ1) is 5.20. The van der Waals surface area contributed by atoms with Crippen LogP contribution in [0.5, 0.6) is 0 Å². The minimum atomic E-state index is 0.426. The van der Waals surface area contributed by atoms with Crippen LogP contribution in [0.15, 0.2) is 0 Å². The molecular formula is C8H17N3. The highest BCUT2D eigenvalue weighted by atomic mass is 15.2. The van der Waals surface area contributed by atoms with Crippen molar-refractivity contribution < 1.29 is 0 Å². The maximum absolute atomic E-state index is 4.14. The Morgan fingerprint density at radius 3 is 2.00 bits per heavy atom. The number of nitrogens with one attached hydrogen (secondary N) is 1. The average Bonchev–Trinajstić information content (AvgIpc) is 2.40. The van der Waals surface area contributed by atoms with Gasteiger partial charge in [-0.2, -0.15) is 5.10 Å². The second-order valence-electron chi connectivity index (χ2n) is 2.43. The average molecular weight is 155 g/mol. The van der Waals surface area contributed by atoms with Crippen LogP contribution in [0.2, 0.25) is 0 Å². The third kappa shape index (κ3) is 3.16. The number of hydrogen-bond acceptors (Lipinski definition) is 2. The van der Waals surface area contributed by atoms with Crippen LogP contribution in [-0.4, -0.2) is 15.2 Å². The summed E-state index contributed by atoms with van der Waals surface area (Å²) in [6.45, 7) is 10.0. The zero-order valence-corrected chi connectivity index (χ0v) is 7.97. The fourth-order valence-electron chi connectivity index (χ4n) is 0.618. The summed E-state index contributed by atoms with van der Waals surface area (Å²) >= 11 is 0. The van der Waals surface area contributed by atoms with Gasteiger partial charge in [-0.25, -0.2) is 4.98 Å². The smallest absolute Gasteiger partial charge is 0.153 e. The van der Waals surface area contributed by atoms with Gasteiger partial charge in [0.1, 0.15) is 5.82 Å². The first-order valence-electron chi connectivity index (χ1n) is 4.09. The molecule has 0 aliphatic heterocycles. The maximum atomic E-state index is 4.14. The first kappa shape index (κ1) is 10.1. The van der Waals surface area contributed by atoms with Gasteiger partial charge >= 0.3 is 0 Å². The Kier molecular flexibility index (Phi) is 4.50.